The first-order valence-electron chi connectivity index (χ1n) is 8.87. The van der Waals surface area contributed by atoms with E-state index in [1.165, 1.54) is 11.1 Å². The molecule has 0 radical (unpaired) electrons. The normalized spacial score (nSPS) is 14.7. The minimum Gasteiger partial charge on any atom is -0.256 e. The van der Waals surface area contributed by atoms with Gasteiger partial charge in [0.15, 0.2) is 0 Å². The zero-order valence-electron chi connectivity index (χ0n) is 15.5. The summed E-state index contributed by atoms with van der Waals surface area (Å²) in [5, 5.41) is 0. The van der Waals surface area contributed by atoms with E-state index in [1.807, 2.05) is 24.4 Å². The highest BCUT2D eigenvalue weighted by molar-refractivity contribution is 5.79. The third kappa shape index (κ3) is 3.08. The lowest BCUT2D eigenvalue weighted by Gasteiger charge is -2.37. The summed E-state index contributed by atoms with van der Waals surface area (Å²) in [6.45, 7) is 17.2. The average Bonchev–Trinajstić information content (AvgIpc) is 2.65. The van der Waals surface area contributed by atoms with Gasteiger partial charge in [-0.15, -0.1) is 0 Å². The summed E-state index contributed by atoms with van der Waals surface area (Å²) in [6, 6.07) is 10.7. The molecule has 0 spiro atoms. The van der Waals surface area contributed by atoms with E-state index in [2.05, 4.69) is 65.1 Å². The van der Waals surface area contributed by atoms with Crippen molar-refractivity contribution in [2.24, 2.45) is 5.92 Å². The molecule has 0 bridgehead atoms. The Morgan fingerprint density at radius 1 is 1.12 bits per heavy atom. The molecule has 0 aliphatic heterocycles. The van der Waals surface area contributed by atoms with Crippen LogP contribution in [0, 0.1) is 5.92 Å². The van der Waals surface area contributed by atoms with Crippen molar-refractivity contribution in [2.45, 2.75) is 46.0 Å². The topological polar surface area (TPSA) is 12.9 Å². The number of rotatable bonds is 7. The fraction of sp³-hybridized carbons (Fsp3) is 0.348. The average molecular weight is 319 g/mol. The number of hydrogen-bond donors (Lipinski definition) is 0. The maximum Gasteiger partial charge on any atom is 0.0783 e. The highest BCUT2D eigenvalue weighted by Gasteiger charge is 2.32. The third-order valence-corrected chi connectivity index (χ3v) is 5.68. The molecule has 0 saturated heterocycles. The van der Waals surface area contributed by atoms with Crippen molar-refractivity contribution >= 4 is 12.2 Å². The molecule has 1 aromatic carbocycles. The Hall–Kier alpha value is -2.15. The van der Waals surface area contributed by atoms with Gasteiger partial charge in [0.05, 0.1) is 5.69 Å². The van der Waals surface area contributed by atoms with Crippen LogP contribution in [-0.2, 0) is 5.41 Å². The molecule has 0 aliphatic rings. The van der Waals surface area contributed by atoms with Crippen molar-refractivity contribution in [3.63, 3.8) is 0 Å². The minimum atomic E-state index is 0.121. The lowest BCUT2D eigenvalue weighted by molar-refractivity contribution is 0.296. The van der Waals surface area contributed by atoms with Crippen LogP contribution in [0.2, 0.25) is 0 Å². The molecule has 0 N–H and O–H groups in total. The van der Waals surface area contributed by atoms with Gasteiger partial charge in [0.1, 0.15) is 0 Å². The Morgan fingerprint density at radius 2 is 1.83 bits per heavy atom. The predicted molar refractivity (Wildman–Crippen MR) is 107 cm³/mol. The van der Waals surface area contributed by atoms with Crippen LogP contribution in [0.5, 0.6) is 0 Å². The summed E-state index contributed by atoms with van der Waals surface area (Å²) in [5.74, 6) is 0.596. The standard InChI is InChI=1S/C23H29N/c1-7-17(5)23(6,10-4)21-14-12-11-13-20(21)22-19(9-3)18(8-2)15-16-24-22/h8-9,11-17H,2-3,7,10H2,1,4-6H3. The van der Waals surface area contributed by atoms with Crippen LogP contribution in [0.4, 0.5) is 0 Å². The van der Waals surface area contributed by atoms with Gasteiger partial charge in [-0.2, -0.15) is 0 Å². The van der Waals surface area contributed by atoms with E-state index >= 15 is 0 Å². The Labute approximate surface area is 147 Å². The maximum absolute atomic E-state index is 4.70. The Balaban J connectivity index is 2.75. The Bertz CT molecular complexity index is 729. The zero-order chi connectivity index (χ0) is 17.7. The second-order valence-corrected chi connectivity index (χ2v) is 6.70. The van der Waals surface area contributed by atoms with Crippen molar-refractivity contribution in [1.82, 2.24) is 4.98 Å². The van der Waals surface area contributed by atoms with Gasteiger partial charge in [0.25, 0.3) is 0 Å². The van der Waals surface area contributed by atoms with Gasteiger partial charge < -0.3 is 0 Å². The molecule has 2 atom stereocenters. The molecule has 0 saturated carbocycles. The van der Waals surface area contributed by atoms with Gasteiger partial charge in [0, 0.05) is 17.3 Å². The molecule has 2 unspecified atom stereocenters. The van der Waals surface area contributed by atoms with Gasteiger partial charge in [0.2, 0.25) is 0 Å². The third-order valence-electron chi connectivity index (χ3n) is 5.68. The van der Waals surface area contributed by atoms with Crippen LogP contribution in [0.15, 0.2) is 49.7 Å². The molecular formula is C23H29N. The first kappa shape index (κ1) is 18.2. The Morgan fingerprint density at radius 3 is 2.42 bits per heavy atom. The number of aromatic nitrogens is 1. The van der Waals surface area contributed by atoms with Crippen LogP contribution >= 0.6 is 0 Å². The van der Waals surface area contributed by atoms with Crippen LogP contribution in [-0.4, -0.2) is 4.98 Å². The van der Waals surface area contributed by atoms with Gasteiger partial charge in [-0.1, -0.05) is 83.7 Å². The molecule has 126 valence electrons. The minimum absolute atomic E-state index is 0.121. The van der Waals surface area contributed by atoms with Gasteiger partial charge >= 0.3 is 0 Å². The molecule has 1 heteroatoms. The second-order valence-electron chi connectivity index (χ2n) is 6.70. The van der Waals surface area contributed by atoms with Gasteiger partial charge in [-0.05, 0) is 34.9 Å². The summed E-state index contributed by atoms with van der Waals surface area (Å²) >= 11 is 0. The number of benzene rings is 1. The lowest BCUT2D eigenvalue weighted by atomic mass is 9.68. The number of pyridine rings is 1. The largest absolute Gasteiger partial charge is 0.256 e. The van der Waals surface area contributed by atoms with Gasteiger partial charge in [-0.25, -0.2) is 0 Å². The van der Waals surface area contributed by atoms with Crippen LogP contribution in [0.3, 0.4) is 0 Å². The Kier molecular flexibility index (Phi) is 5.77. The molecule has 0 aliphatic carbocycles. The SMILES string of the molecule is C=Cc1ccnc(-c2ccccc2C(C)(CC)C(C)CC)c1C=C. The highest BCUT2D eigenvalue weighted by atomic mass is 14.7. The van der Waals surface area contributed by atoms with Crippen LogP contribution in [0.1, 0.15) is 57.2 Å². The highest BCUT2D eigenvalue weighted by Crippen LogP contribution is 2.42. The molecule has 24 heavy (non-hydrogen) atoms. The van der Waals surface area contributed by atoms with E-state index in [1.54, 1.807) is 0 Å². The monoisotopic (exact) mass is 319 g/mol. The van der Waals surface area contributed by atoms with E-state index in [0.717, 1.165) is 29.7 Å². The zero-order valence-corrected chi connectivity index (χ0v) is 15.5. The molecule has 0 amide bonds. The number of hydrogen-bond acceptors (Lipinski definition) is 1. The van der Waals surface area contributed by atoms with Crippen molar-refractivity contribution in [1.29, 1.82) is 0 Å². The molecule has 2 rings (SSSR count). The van der Waals surface area contributed by atoms with E-state index in [-0.39, 0.29) is 5.41 Å². The van der Waals surface area contributed by atoms with E-state index < -0.39 is 0 Å². The number of nitrogens with zero attached hydrogens (tertiary/aromatic N) is 1. The van der Waals surface area contributed by atoms with E-state index in [0.29, 0.717) is 5.92 Å². The van der Waals surface area contributed by atoms with Crippen molar-refractivity contribution in [2.75, 3.05) is 0 Å². The molecule has 1 nitrogen and oxygen atoms in total. The quantitative estimate of drug-likeness (QED) is 0.550. The van der Waals surface area contributed by atoms with Crippen molar-refractivity contribution in [3.05, 3.63) is 66.4 Å². The fourth-order valence-corrected chi connectivity index (χ4v) is 3.54. The van der Waals surface area contributed by atoms with Gasteiger partial charge in [-0.3, -0.25) is 4.98 Å². The van der Waals surface area contributed by atoms with Crippen molar-refractivity contribution < 1.29 is 0 Å². The van der Waals surface area contributed by atoms with Crippen LogP contribution in [0.25, 0.3) is 23.4 Å². The molecular weight excluding hydrogens is 290 g/mol. The maximum atomic E-state index is 4.70. The molecule has 0 fully saturated rings. The summed E-state index contributed by atoms with van der Waals surface area (Å²) in [6.07, 6.45) is 7.89. The molecule has 1 heterocycles. The summed E-state index contributed by atoms with van der Waals surface area (Å²) in [7, 11) is 0. The summed E-state index contributed by atoms with van der Waals surface area (Å²) in [4.78, 5) is 4.70. The lowest BCUT2D eigenvalue weighted by Crippen LogP contribution is -2.30. The fourth-order valence-electron chi connectivity index (χ4n) is 3.54. The van der Waals surface area contributed by atoms with E-state index in [9.17, 15) is 0 Å². The summed E-state index contributed by atoms with van der Waals surface area (Å²) < 4.78 is 0. The molecule has 1 aromatic heterocycles. The smallest absolute Gasteiger partial charge is 0.0783 e. The summed E-state index contributed by atoms with van der Waals surface area (Å²) in [5.41, 5.74) is 5.84. The first-order chi connectivity index (χ1) is 11.5. The second kappa shape index (κ2) is 7.61. The van der Waals surface area contributed by atoms with Crippen molar-refractivity contribution in [3.8, 4) is 11.3 Å². The van der Waals surface area contributed by atoms with E-state index in [4.69, 9.17) is 4.98 Å². The first-order valence-corrected chi connectivity index (χ1v) is 8.87. The molecule has 2 aromatic rings. The predicted octanol–water partition coefficient (Wildman–Crippen LogP) is 6.75. The van der Waals surface area contributed by atoms with Crippen LogP contribution < -0.4 is 0 Å².